The van der Waals surface area contributed by atoms with Crippen LogP contribution >= 0.6 is 15.9 Å². The molecule has 1 aromatic carbocycles. The number of rotatable bonds is 1. The number of alkyl halides is 3. The van der Waals surface area contributed by atoms with Crippen LogP contribution in [0.15, 0.2) is 34.9 Å². The molecule has 0 atom stereocenters. The van der Waals surface area contributed by atoms with Gasteiger partial charge in [0.05, 0.1) is 11.1 Å². The van der Waals surface area contributed by atoms with Crippen LogP contribution in [0.4, 0.5) is 13.2 Å². The number of benzene rings is 1. The van der Waals surface area contributed by atoms with Crippen LogP contribution in [0.3, 0.4) is 0 Å². The molecule has 7 heteroatoms. The second kappa shape index (κ2) is 4.84. The number of aromatic amines is 1. The molecule has 0 aliphatic rings. The van der Waals surface area contributed by atoms with Gasteiger partial charge in [0.15, 0.2) is 5.65 Å². The van der Waals surface area contributed by atoms with Crippen LogP contribution in [0.5, 0.6) is 0 Å². The normalized spacial score (nSPS) is 12.0. The molecular weight excluding hydrogens is 347 g/mol. The second-order valence-electron chi connectivity index (χ2n) is 4.66. The molecule has 0 bridgehead atoms. The summed E-state index contributed by atoms with van der Waals surface area (Å²) >= 11 is 2.92. The Hall–Kier alpha value is -1.89. The van der Waals surface area contributed by atoms with Gasteiger partial charge in [0.1, 0.15) is 5.82 Å². The predicted octanol–water partition coefficient (Wildman–Crippen LogP) is 4.71. The number of nitrogens with zero attached hydrogens (tertiary/aromatic N) is 2. The lowest BCUT2D eigenvalue weighted by atomic mass is 10.1. The molecule has 108 valence electrons. The smallest absolute Gasteiger partial charge is 0.337 e. The van der Waals surface area contributed by atoms with E-state index in [0.717, 1.165) is 11.6 Å². The first kappa shape index (κ1) is 14.1. The monoisotopic (exact) mass is 355 g/mol. The van der Waals surface area contributed by atoms with Crippen molar-refractivity contribution in [1.82, 2.24) is 15.0 Å². The zero-order valence-corrected chi connectivity index (χ0v) is 12.4. The van der Waals surface area contributed by atoms with Crippen molar-refractivity contribution in [2.75, 3.05) is 0 Å². The number of fused-ring (bicyclic) bond motifs is 1. The molecule has 1 N–H and O–H groups in total. The Morgan fingerprint density at radius 2 is 1.95 bits per heavy atom. The molecule has 0 saturated heterocycles. The quantitative estimate of drug-likeness (QED) is 0.686. The molecule has 0 aliphatic heterocycles. The lowest BCUT2D eigenvalue weighted by molar-refractivity contribution is -0.138. The maximum Gasteiger partial charge on any atom is 0.417 e. The van der Waals surface area contributed by atoms with Gasteiger partial charge in [-0.2, -0.15) is 13.2 Å². The molecule has 2 heterocycles. The topological polar surface area (TPSA) is 41.6 Å². The Morgan fingerprint density at radius 1 is 1.19 bits per heavy atom. The Labute approximate surface area is 126 Å². The Kier molecular flexibility index (Phi) is 3.24. The third kappa shape index (κ3) is 2.65. The SMILES string of the molecule is Cc1cnc2nc(-c3ccc(Br)c(C(F)(F)F)c3)[nH]c2c1. The third-order valence-electron chi connectivity index (χ3n) is 3.02. The number of halogens is 4. The van der Waals surface area contributed by atoms with E-state index in [1.165, 1.54) is 6.07 Å². The number of aryl methyl sites for hydroxylation is 1. The Morgan fingerprint density at radius 3 is 2.67 bits per heavy atom. The fourth-order valence-electron chi connectivity index (χ4n) is 2.03. The molecule has 0 unspecified atom stereocenters. The van der Waals surface area contributed by atoms with Gasteiger partial charge >= 0.3 is 6.18 Å². The van der Waals surface area contributed by atoms with Gasteiger partial charge in [0.2, 0.25) is 0 Å². The summed E-state index contributed by atoms with van der Waals surface area (Å²) in [6.07, 6.45) is -2.76. The van der Waals surface area contributed by atoms with E-state index in [2.05, 4.69) is 30.9 Å². The minimum absolute atomic E-state index is 0.00355. The van der Waals surface area contributed by atoms with Crippen molar-refractivity contribution >= 4 is 27.1 Å². The van der Waals surface area contributed by atoms with Gasteiger partial charge < -0.3 is 4.98 Å². The maximum absolute atomic E-state index is 12.9. The number of H-pyrrole nitrogens is 1. The second-order valence-corrected chi connectivity index (χ2v) is 5.52. The minimum Gasteiger partial charge on any atom is -0.337 e. The number of hydrogen-bond donors (Lipinski definition) is 1. The zero-order chi connectivity index (χ0) is 15.2. The summed E-state index contributed by atoms with van der Waals surface area (Å²) in [5.74, 6) is 0.362. The average molecular weight is 356 g/mol. The van der Waals surface area contributed by atoms with Crippen molar-refractivity contribution in [2.24, 2.45) is 0 Å². The summed E-state index contributed by atoms with van der Waals surface area (Å²) in [5.41, 5.74) is 1.75. The highest BCUT2D eigenvalue weighted by Crippen LogP contribution is 2.37. The van der Waals surface area contributed by atoms with Crippen molar-refractivity contribution < 1.29 is 13.2 Å². The number of aromatic nitrogens is 3. The van der Waals surface area contributed by atoms with Crippen molar-refractivity contribution in [3.05, 3.63) is 46.1 Å². The number of nitrogens with one attached hydrogen (secondary N) is 1. The fourth-order valence-corrected chi connectivity index (χ4v) is 2.50. The van der Waals surface area contributed by atoms with Crippen LogP contribution in [0, 0.1) is 6.92 Å². The summed E-state index contributed by atoms with van der Waals surface area (Å²) in [6, 6.07) is 5.85. The average Bonchev–Trinajstić information content (AvgIpc) is 2.80. The first-order valence-electron chi connectivity index (χ1n) is 6.04. The van der Waals surface area contributed by atoms with Crippen molar-refractivity contribution in [3.8, 4) is 11.4 Å². The van der Waals surface area contributed by atoms with Gasteiger partial charge in [-0.15, -0.1) is 0 Å². The van der Waals surface area contributed by atoms with Crippen molar-refractivity contribution in [1.29, 1.82) is 0 Å². The predicted molar refractivity (Wildman–Crippen MR) is 76.8 cm³/mol. The molecule has 0 fully saturated rings. The summed E-state index contributed by atoms with van der Waals surface area (Å²) in [4.78, 5) is 11.4. The van der Waals surface area contributed by atoms with Crippen LogP contribution < -0.4 is 0 Å². The zero-order valence-electron chi connectivity index (χ0n) is 10.8. The minimum atomic E-state index is -4.42. The van der Waals surface area contributed by atoms with Crippen LogP contribution in [0.25, 0.3) is 22.6 Å². The van der Waals surface area contributed by atoms with Gasteiger partial charge in [0.25, 0.3) is 0 Å². The standard InChI is InChI=1S/C14H9BrF3N3/c1-7-4-11-13(19-6-7)21-12(20-11)8-2-3-10(15)9(5-8)14(16,17)18/h2-6H,1H3,(H,19,20,21). The largest absolute Gasteiger partial charge is 0.417 e. The van der Waals surface area contributed by atoms with Gasteiger partial charge in [0, 0.05) is 16.2 Å². The Balaban J connectivity index is 2.14. The molecule has 0 amide bonds. The molecule has 0 aliphatic carbocycles. The van der Waals surface area contributed by atoms with E-state index in [1.54, 1.807) is 12.3 Å². The molecule has 21 heavy (non-hydrogen) atoms. The molecule has 2 aromatic heterocycles. The molecule has 3 rings (SSSR count). The number of hydrogen-bond acceptors (Lipinski definition) is 2. The van der Waals surface area contributed by atoms with E-state index < -0.39 is 11.7 Å². The lowest BCUT2D eigenvalue weighted by Crippen LogP contribution is -2.06. The summed E-state index contributed by atoms with van der Waals surface area (Å²) < 4.78 is 38.8. The summed E-state index contributed by atoms with van der Waals surface area (Å²) in [6.45, 7) is 1.88. The van der Waals surface area contributed by atoms with Gasteiger partial charge in [-0.1, -0.05) is 22.0 Å². The number of imidazole rings is 1. The maximum atomic E-state index is 12.9. The van der Waals surface area contributed by atoms with E-state index >= 15 is 0 Å². The van der Waals surface area contributed by atoms with Crippen molar-refractivity contribution in [3.63, 3.8) is 0 Å². The Bertz CT molecular complexity index is 824. The molecule has 3 nitrogen and oxygen atoms in total. The number of pyridine rings is 1. The fraction of sp³-hybridized carbons (Fsp3) is 0.143. The third-order valence-corrected chi connectivity index (χ3v) is 3.71. The molecular formula is C14H9BrF3N3. The highest BCUT2D eigenvalue weighted by molar-refractivity contribution is 9.10. The summed E-state index contributed by atoms with van der Waals surface area (Å²) in [5, 5.41) is 0. The first-order chi connectivity index (χ1) is 9.84. The van der Waals surface area contributed by atoms with Gasteiger partial charge in [-0.25, -0.2) is 9.97 Å². The van der Waals surface area contributed by atoms with E-state index in [1.807, 2.05) is 13.0 Å². The van der Waals surface area contributed by atoms with Crippen LogP contribution in [-0.2, 0) is 6.18 Å². The van der Waals surface area contributed by atoms with Crippen LogP contribution in [-0.4, -0.2) is 15.0 Å². The first-order valence-corrected chi connectivity index (χ1v) is 6.83. The van der Waals surface area contributed by atoms with Crippen molar-refractivity contribution in [2.45, 2.75) is 13.1 Å². The van der Waals surface area contributed by atoms with Crippen LogP contribution in [0.1, 0.15) is 11.1 Å². The highest BCUT2D eigenvalue weighted by atomic mass is 79.9. The molecule has 0 saturated carbocycles. The lowest BCUT2D eigenvalue weighted by Gasteiger charge is -2.10. The highest BCUT2D eigenvalue weighted by Gasteiger charge is 2.33. The summed E-state index contributed by atoms with van der Waals surface area (Å²) in [7, 11) is 0. The van der Waals surface area contributed by atoms with Crippen LogP contribution in [0.2, 0.25) is 0 Å². The van der Waals surface area contributed by atoms with E-state index in [4.69, 9.17) is 0 Å². The van der Waals surface area contributed by atoms with E-state index in [-0.39, 0.29) is 4.47 Å². The van der Waals surface area contributed by atoms with E-state index in [9.17, 15) is 13.2 Å². The molecule has 0 spiro atoms. The molecule has 0 radical (unpaired) electrons. The van der Waals surface area contributed by atoms with Gasteiger partial charge in [-0.3, -0.25) is 0 Å². The molecule has 3 aromatic rings. The van der Waals surface area contributed by atoms with E-state index in [0.29, 0.717) is 22.6 Å². The van der Waals surface area contributed by atoms with Gasteiger partial charge in [-0.05, 0) is 30.7 Å².